The van der Waals surface area contributed by atoms with Crippen molar-refractivity contribution in [2.45, 2.75) is 25.1 Å². The predicted octanol–water partition coefficient (Wildman–Crippen LogP) is 3.05. The molecule has 4 rings (SSSR count). The number of hydrogen-bond acceptors (Lipinski definition) is 7. The molecule has 1 aliphatic rings. The number of hydrogen-bond donors (Lipinski definition) is 2. The van der Waals surface area contributed by atoms with E-state index in [0.717, 1.165) is 48.8 Å². The smallest absolute Gasteiger partial charge is 0.419 e. The van der Waals surface area contributed by atoms with E-state index in [1.54, 1.807) is 13.2 Å². The van der Waals surface area contributed by atoms with E-state index in [2.05, 4.69) is 20.2 Å². The van der Waals surface area contributed by atoms with Crippen molar-refractivity contribution >= 4 is 28.6 Å². The molecule has 0 aliphatic carbocycles. The summed E-state index contributed by atoms with van der Waals surface area (Å²) in [4.78, 5) is 14.5. The molecule has 1 aliphatic heterocycles. The van der Waals surface area contributed by atoms with Gasteiger partial charge in [0.15, 0.2) is 0 Å². The highest BCUT2D eigenvalue weighted by atomic mass is 19.4. The zero-order chi connectivity index (χ0) is 21.5. The number of piperidine rings is 1. The largest absolute Gasteiger partial charge is 0.495 e. The highest BCUT2D eigenvalue weighted by molar-refractivity contribution is 5.85. The number of nitrogen functional groups attached to an aromatic ring is 1. The van der Waals surface area contributed by atoms with E-state index in [9.17, 15) is 13.2 Å². The first kappa shape index (κ1) is 20.0. The SMILES string of the molecule is COc1cc2c(cc1N)nc(N1CCCC(Nc3ncc(C(F)(F)F)cn3)C1)n2C. The third-order valence-electron chi connectivity index (χ3n) is 5.23. The Morgan fingerprint density at radius 3 is 2.63 bits per heavy atom. The quantitative estimate of drug-likeness (QED) is 0.626. The lowest BCUT2D eigenvalue weighted by atomic mass is 10.1. The molecule has 8 nitrogen and oxygen atoms in total. The van der Waals surface area contributed by atoms with Gasteiger partial charge in [0.2, 0.25) is 11.9 Å². The molecule has 1 fully saturated rings. The molecule has 3 aromatic rings. The lowest BCUT2D eigenvalue weighted by Crippen LogP contribution is -2.43. The fraction of sp³-hybridized carbons (Fsp3) is 0.421. The Morgan fingerprint density at radius 2 is 1.97 bits per heavy atom. The number of nitrogens with two attached hydrogens (primary N) is 1. The van der Waals surface area contributed by atoms with Gasteiger partial charge >= 0.3 is 6.18 Å². The van der Waals surface area contributed by atoms with Crippen molar-refractivity contribution in [3.8, 4) is 5.75 Å². The number of aromatic nitrogens is 4. The third-order valence-corrected chi connectivity index (χ3v) is 5.23. The molecular weight excluding hydrogens is 399 g/mol. The minimum atomic E-state index is -4.45. The summed E-state index contributed by atoms with van der Waals surface area (Å²) in [6.07, 6.45) is -1.12. The molecule has 0 amide bonds. The normalized spacial score (nSPS) is 17.4. The third kappa shape index (κ3) is 3.79. The molecule has 3 heterocycles. The summed E-state index contributed by atoms with van der Waals surface area (Å²) in [5, 5.41) is 3.13. The van der Waals surface area contributed by atoms with Gasteiger partial charge in [-0.2, -0.15) is 13.2 Å². The van der Waals surface area contributed by atoms with E-state index < -0.39 is 11.7 Å². The Bertz CT molecular complexity index is 1050. The number of rotatable bonds is 4. The zero-order valence-corrected chi connectivity index (χ0v) is 16.6. The first-order valence-electron chi connectivity index (χ1n) is 9.47. The molecule has 0 bridgehead atoms. The first-order valence-corrected chi connectivity index (χ1v) is 9.47. The Morgan fingerprint density at radius 1 is 1.23 bits per heavy atom. The van der Waals surface area contributed by atoms with E-state index in [0.29, 0.717) is 18.0 Å². The number of anilines is 3. The molecule has 1 atom stereocenters. The Balaban J connectivity index is 1.52. The number of aryl methyl sites for hydroxylation is 1. The van der Waals surface area contributed by atoms with E-state index in [1.165, 1.54) is 0 Å². The molecule has 0 spiro atoms. The van der Waals surface area contributed by atoms with Crippen molar-refractivity contribution in [2.24, 2.45) is 7.05 Å². The van der Waals surface area contributed by atoms with Gasteiger partial charge in [-0.3, -0.25) is 0 Å². The van der Waals surface area contributed by atoms with Crippen molar-refractivity contribution < 1.29 is 17.9 Å². The summed E-state index contributed by atoms with van der Waals surface area (Å²) in [6.45, 7) is 1.43. The summed E-state index contributed by atoms with van der Waals surface area (Å²) < 4.78 is 45.3. The number of alkyl halides is 3. The highest BCUT2D eigenvalue weighted by Gasteiger charge is 2.31. The van der Waals surface area contributed by atoms with Crippen LogP contribution in [-0.2, 0) is 13.2 Å². The maximum absolute atomic E-state index is 12.7. The Labute approximate surface area is 170 Å². The molecular formula is C19H22F3N7O. The number of ether oxygens (including phenoxy) is 1. The summed E-state index contributed by atoms with van der Waals surface area (Å²) >= 11 is 0. The number of methoxy groups -OCH3 is 1. The van der Waals surface area contributed by atoms with Crippen LogP contribution in [0.3, 0.4) is 0 Å². The Hall–Kier alpha value is -3.24. The van der Waals surface area contributed by atoms with Crippen molar-refractivity contribution in [1.82, 2.24) is 19.5 Å². The molecule has 1 saturated heterocycles. The van der Waals surface area contributed by atoms with Crippen LogP contribution in [0, 0.1) is 0 Å². The van der Waals surface area contributed by atoms with Crippen LogP contribution in [0.1, 0.15) is 18.4 Å². The van der Waals surface area contributed by atoms with Crippen LogP contribution >= 0.6 is 0 Å². The zero-order valence-electron chi connectivity index (χ0n) is 16.6. The molecule has 11 heteroatoms. The van der Waals surface area contributed by atoms with Crippen LogP contribution in [-0.4, -0.2) is 45.8 Å². The fourth-order valence-electron chi connectivity index (χ4n) is 3.69. The fourth-order valence-corrected chi connectivity index (χ4v) is 3.69. The van der Waals surface area contributed by atoms with E-state index >= 15 is 0 Å². The van der Waals surface area contributed by atoms with Crippen LogP contribution < -0.4 is 20.7 Å². The number of benzene rings is 1. The molecule has 3 N–H and O–H groups in total. The van der Waals surface area contributed by atoms with E-state index in [4.69, 9.17) is 15.5 Å². The number of halogens is 3. The predicted molar refractivity (Wildman–Crippen MR) is 108 cm³/mol. The molecule has 2 aromatic heterocycles. The monoisotopic (exact) mass is 421 g/mol. The van der Waals surface area contributed by atoms with Gasteiger partial charge < -0.3 is 25.3 Å². The number of imidazole rings is 1. The topological polar surface area (TPSA) is 94.1 Å². The first-order chi connectivity index (χ1) is 14.3. The summed E-state index contributed by atoms with van der Waals surface area (Å²) in [6, 6.07) is 3.62. The molecule has 160 valence electrons. The van der Waals surface area contributed by atoms with Crippen molar-refractivity contribution in [3.05, 3.63) is 30.1 Å². The van der Waals surface area contributed by atoms with E-state index in [1.807, 2.05) is 17.7 Å². The molecule has 30 heavy (non-hydrogen) atoms. The minimum absolute atomic E-state index is 0.0186. The van der Waals surface area contributed by atoms with Gasteiger partial charge in [-0.15, -0.1) is 0 Å². The highest BCUT2D eigenvalue weighted by Crippen LogP contribution is 2.31. The maximum Gasteiger partial charge on any atom is 0.419 e. The standard InChI is InChI=1S/C19H22F3N7O/c1-28-15-7-16(30-2)13(23)6-14(15)27-18(28)29-5-3-4-12(10-29)26-17-24-8-11(9-25-17)19(20,21)22/h6-9,12H,3-5,10,23H2,1-2H3,(H,24,25,26). The average molecular weight is 421 g/mol. The lowest BCUT2D eigenvalue weighted by molar-refractivity contribution is -0.138. The van der Waals surface area contributed by atoms with Crippen LogP contribution in [0.25, 0.3) is 11.0 Å². The number of fused-ring (bicyclic) bond motifs is 1. The summed E-state index contributed by atoms with van der Waals surface area (Å²) in [5.74, 6) is 1.56. The van der Waals surface area contributed by atoms with Gasteiger partial charge in [-0.25, -0.2) is 15.0 Å². The van der Waals surface area contributed by atoms with Crippen LogP contribution in [0.5, 0.6) is 5.75 Å². The van der Waals surface area contributed by atoms with Crippen molar-refractivity contribution in [2.75, 3.05) is 36.1 Å². The maximum atomic E-state index is 12.7. The van der Waals surface area contributed by atoms with Gasteiger partial charge in [0.05, 0.1) is 29.4 Å². The second-order valence-electron chi connectivity index (χ2n) is 7.28. The van der Waals surface area contributed by atoms with Gasteiger partial charge in [-0.05, 0) is 18.9 Å². The molecule has 1 aromatic carbocycles. The number of nitrogens with zero attached hydrogens (tertiary/aromatic N) is 5. The minimum Gasteiger partial charge on any atom is -0.495 e. The van der Waals surface area contributed by atoms with Gasteiger partial charge in [0, 0.05) is 44.6 Å². The molecule has 0 saturated carbocycles. The van der Waals surface area contributed by atoms with Crippen LogP contribution in [0.2, 0.25) is 0 Å². The second kappa shape index (κ2) is 7.54. The van der Waals surface area contributed by atoms with Gasteiger partial charge in [0.25, 0.3) is 0 Å². The average Bonchev–Trinajstić information content (AvgIpc) is 3.02. The van der Waals surface area contributed by atoms with Crippen LogP contribution in [0.15, 0.2) is 24.5 Å². The molecule has 0 radical (unpaired) electrons. The van der Waals surface area contributed by atoms with Gasteiger partial charge in [-0.1, -0.05) is 0 Å². The van der Waals surface area contributed by atoms with Crippen molar-refractivity contribution in [1.29, 1.82) is 0 Å². The Kier molecular flexibility index (Phi) is 5.04. The molecule has 1 unspecified atom stereocenters. The summed E-state index contributed by atoms with van der Waals surface area (Å²) in [5.41, 5.74) is 7.32. The van der Waals surface area contributed by atoms with Crippen LogP contribution in [0.4, 0.5) is 30.8 Å². The van der Waals surface area contributed by atoms with Crippen molar-refractivity contribution in [3.63, 3.8) is 0 Å². The number of nitrogens with one attached hydrogen (secondary N) is 1. The van der Waals surface area contributed by atoms with Gasteiger partial charge in [0.1, 0.15) is 5.75 Å². The summed E-state index contributed by atoms with van der Waals surface area (Å²) in [7, 11) is 3.50. The van der Waals surface area contributed by atoms with E-state index in [-0.39, 0.29) is 12.0 Å². The second-order valence-corrected chi connectivity index (χ2v) is 7.28. The lowest BCUT2D eigenvalue weighted by Gasteiger charge is -2.33.